The van der Waals surface area contributed by atoms with Gasteiger partial charge < -0.3 is 19.5 Å². The Hall–Kier alpha value is -2.78. The summed E-state index contributed by atoms with van der Waals surface area (Å²) in [7, 11) is 3.09. The molecule has 0 spiro atoms. The summed E-state index contributed by atoms with van der Waals surface area (Å²) in [6, 6.07) is 9.73. The van der Waals surface area contributed by atoms with Crippen molar-refractivity contribution >= 4 is 5.69 Å². The largest absolute Gasteiger partial charge is 0.496 e. The highest BCUT2D eigenvalue weighted by Crippen LogP contribution is 2.41. The molecule has 3 rings (SSSR count). The zero-order valence-corrected chi connectivity index (χ0v) is 13.4. The van der Waals surface area contributed by atoms with Crippen molar-refractivity contribution in [2.45, 2.75) is 12.6 Å². The number of benzene rings is 2. The van der Waals surface area contributed by atoms with E-state index < -0.39 is 11.9 Å². The normalized spacial score (nSPS) is 16.3. The van der Waals surface area contributed by atoms with Gasteiger partial charge >= 0.3 is 0 Å². The first kappa shape index (κ1) is 16.1. The van der Waals surface area contributed by atoms with Gasteiger partial charge in [-0.25, -0.2) is 4.39 Å². The van der Waals surface area contributed by atoms with Crippen molar-refractivity contribution in [2.24, 2.45) is 0 Å². The van der Waals surface area contributed by atoms with Crippen LogP contribution in [-0.2, 0) is 6.54 Å². The number of halogens is 1. The van der Waals surface area contributed by atoms with Crippen LogP contribution in [0.3, 0.4) is 0 Å². The SMILES string of the molecule is COc1ccc(OC)c2c1CN(c1ccc(C#N)cc1F)C[C@@H]2O. The smallest absolute Gasteiger partial charge is 0.147 e. The van der Waals surface area contributed by atoms with Crippen LogP contribution < -0.4 is 14.4 Å². The average Bonchev–Trinajstić information content (AvgIpc) is 2.60. The fraction of sp³-hybridized carbons (Fsp3) is 0.278. The Morgan fingerprint density at radius 3 is 2.54 bits per heavy atom. The van der Waals surface area contributed by atoms with E-state index in [1.54, 1.807) is 43.4 Å². The van der Waals surface area contributed by atoms with Crippen molar-refractivity contribution < 1.29 is 19.0 Å². The molecule has 124 valence electrons. The lowest BCUT2D eigenvalue weighted by Gasteiger charge is -2.35. The molecule has 2 aromatic carbocycles. The van der Waals surface area contributed by atoms with Gasteiger partial charge in [0.15, 0.2) is 0 Å². The Labute approximate surface area is 139 Å². The predicted molar refractivity (Wildman–Crippen MR) is 86.7 cm³/mol. The average molecular weight is 328 g/mol. The lowest BCUT2D eigenvalue weighted by Crippen LogP contribution is -2.34. The maximum atomic E-state index is 14.3. The molecule has 1 atom stereocenters. The number of hydrogen-bond acceptors (Lipinski definition) is 5. The van der Waals surface area contributed by atoms with Crippen LogP contribution in [0.5, 0.6) is 11.5 Å². The third-order valence-corrected chi connectivity index (χ3v) is 4.21. The highest BCUT2D eigenvalue weighted by atomic mass is 19.1. The van der Waals surface area contributed by atoms with Crippen molar-refractivity contribution in [3.63, 3.8) is 0 Å². The van der Waals surface area contributed by atoms with Gasteiger partial charge in [-0.3, -0.25) is 0 Å². The molecule has 0 saturated carbocycles. The number of β-amino-alcohol motifs (C(OH)–C–C–N with tert-alkyl or cyclic N) is 1. The van der Waals surface area contributed by atoms with E-state index in [1.807, 2.05) is 6.07 Å². The molecule has 0 aromatic heterocycles. The molecule has 0 saturated heterocycles. The number of rotatable bonds is 3. The number of aliphatic hydroxyl groups is 1. The molecule has 1 aliphatic rings. The van der Waals surface area contributed by atoms with E-state index in [-0.39, 0.29) is 12.1 Å². The van der Waals surface area contributed by atoms with E-state index in [0.717, 1.165) is 5.56 Å². The number of ether oxygens (including phenoxy) is 2. The van der Waals surface area contributed by atoms with Gasteiger partial charge in [0.25, 0.3) is 0 Å². The van der Waals surface area contributed by atoms with Crippen LogP contribution in [0.1, 0.15) is 22.8 Å². The van der Waals surface area contributed by atoms with Crippen molar-refractivity contribution in [1.82, 2.24) is 0 Å². The fourth-order valence-corrected chi connectivity index (χ4v) is 3.09. The van der Waals surface area contributed by atoms with E-state index in [2.05, 4.69) is 0 Å². The molecule has 0 unspecified atom stereocenters. The molecule has 5 nitrogen and oxygen atoms in total. The number of methoxy groups -OCH3 is 2. The molecule has 6 heteroatoms. The summed E-state index contributed by atoms with van der Waals surface area (Å²) in [6.07, 6.45) is -0.839. The summed E-state index contributed by atoms with van der Waals surface area (Å²) in [5.74, 6) is 0.702. The minimum atomic E-state index is -0.839. The van der Waals surface area contributed by atoms with Gasteiger partial charge in [-0.15, -0.1) is 0 Å². The minimum Gasteiger partial charge on any atom is -0.496 e. The number of aliphatic hydroxyl groups excluding tert-OH is 1. The Balaban J connectivity index is 2.05. The molecule has 1 aliphatic heterocycles. The van der Waals surface area contributed by atoms with Crippen LogP contribution in [0.15, 0.2) is 30.3 Å². The fourth-order valence-electron chi connectivity index (χ4n) is 3.09. The molecule has 0 bridgehead atoms. The summed E-state index contributed by atoms with van der Waals surface area (Å²) in [6.45, 7) is 0.592. The molecule has 0 aliphatic carbocycles. The first-order valence-electron chi connectivity index (χ1n) is 7.45. The van der Waals surface area contributed by atoms with Gasteiger partial charge in [0.05, 0.1) is 31.5 Å². The maximum absolute atomic E-state index is 14.3. The van der Waals surface area contributed by atoms with Crippen molar-refractivity contribution in [3.05, 3.63) is 52.8 Å². The van der Waals surface area contributed by atoms with Crippen molar-refractivity contribution in [3.8, 4) is 17.6 Å². The molecule has 0 amide bonds. The maximum Gasteiger partial charge on any atom is 0.147 e. The number of nitrogens with zero attached hydrogens (tertiary/aromatic N) is 2. The van der Waals surface area contributed by atoms with Crippen molar-refractivity contribution in [2.75, 3.05) is 25.7 Å². The van der Waals surface area contributed by atoms with E-state index in [9.17, 15) is 9.50 Å². The Morgan fingerprint density at radius 1 is 1.21 bits per heavy atom. The second kappa shape index (κ2) is 6.38. The number of fused-ring (bicyclic) bond motifs is 1. The first-order chi connectivity index (χ1) is 11.6. The van der Waals surface area contributed by atoms with Crippen LogP contribution in [-0.4, -0.2) is 25.9 Å². The van der Waals surface area contributed by atoms with Gasteiger partial charge in [0.2, 0.25) is 0 Å². The second-order valence-electron chi connectivity index (χ2n) is 5.54. The number of nitriles is 1. The zero-order valence-electron chi connectivity index (χ0n) is 13.4. The molecule has 1 heterocycles. The standard InChI is InChI=1S/C18H17FN2O3/c1-23-16-5-6-17(24-2)18-12(16)9-21(10-15(18)22)14-4-3-11(8-20)7-13(14)19/h3-7,15,22H,9-10H2,1-2H3/t15-/m0/s1. The molecular weight excluding hydrogens is 311 g/mol. The summed E-state index contributed by atoms with van der Waals surface area (Å²) < 4.78 is 25.0. The molecular formula is C18H17FN2O3. The van der Waals surface area contributed by atoms with Crippen LogP contribution in [0.4, 0.5) is 10.1 Å². The Kier molecular flexibility index (Phi) is 4.28. The summed E-state index contributed by atoms with van der Waals surface area (Å²) in [5, 5.41) is 19.4. The van der Waals surface area contributed by atoms with Crippen LogP contribution >= 0.6 is 0 Å². The van der Waals surface area contributed by atoms with E-state index in [0.29, 0.717) is 29.3 Å². The second-order valence-corrected chi connectivity index (χ2v) is 5.54. The van der Waals surface area contributed by atoms with Gasteiger partial charge in [-0.1, -0.05) is 0 Å². The number of hydrogen-bond donors (Lipinski definition) is 1. The summed E-state index contributed by atoms with van der Waals surface area (Å²) >= 11 is 0. The van der Waals surface area contributed by atoms with E-state index in [1.165, 1.54) is 6.07 Å². The zero-order chi connectivity index (χ0) is 17.3. The third kappa shape index (κ3) is 2.63. The van der Waals surface area contributed by atoms with Gasteiger partial charge in [0.1, 0.15) is 23.4 Å². The quantitative estimate of drug-likeness (QED) is 0.938. The molecule has 24 heavy (non-hydrogen) atoms. The lowest BCUT2D eigenvalue weighted by molar-refractivity contribution is 0.169. The topological polar surface area (TPSA) is 65.7 Å². The van der Waals surface area contributed by atoms with Crippen molar-refractivity contribution in [1.29, 1.82) is 5.26 Å². The minimum absolute atomic E-state index is 0.222. The van der Waals surface area contributed by atoms with E-state index >= 15 is 0 Å². The van der Waals surface area contributed by atoms with Crippen LogP contribution in [0, 0.1) is 17.1 Å². The van der Waals surface area contributed by atoms with Crippen LogP contribution in [0.25, 0.3) is 0 Å². The van der Waals surface area contributed by atoms with Crippen LogP contribution in [0.2, 0.25) is 0 Å². The highest BCUT2D eigenvalue weighted by molar-refractivity contribution is 5.58. The summed E-state index contributed by atoms with van der Waals surface area (Å²) in [5.41, 5.74) is 2.03. The molecule has 0 fully saturated rings. The predicted octanol–water partition coefficient (Wildman–Crippen LogP) is 2.77. The van der Waals surface area contributed by atoms with Gasteiger partial charge in [-0.05, 0) is 30.3 Å². The first-order valence-corrected chi connectivity index (χ1v) is 7.45. The number of anilines is 1. The monoisotopic (exact) mass is 328 g/mol. The Morgan fingerprint density at radius 2 is 1.92 bits per heavy atom. The highest BCUT2D eigenvalue weighted by Gasteiger charge is 2.30. The molecule has 2 aromatic rings. The summed E-state index contributed by atoms with van der Waals surface area (Å²) in [4.78, 5) is 1.73. The molecule has 0 radical (unpaired) electrons. The van der Waals surface area contributed by atoms with E-state index in [4.69, 9.17) is 14.7 Å². The third-order valence-electron chi connectivity index (χ3n) is 4.21. The Bertz CT molecular complexity index is 817. The molecule has 1 N–H and O–H groups in total. The van der Waals surface area contributed by atoms with Gasteiger partial charge in [-0.2, -0.15) is 5.26 Å². The lowest BCUT2D eigenvalue weighted by atomic mass is 9.94. The van der Waals surface area contributed by atoms with Gasteiger partial charge in [0, 0.05) is 24.2 Å².